The van der Waals surface area contributed by atoms with E-state index in [2.05, 4.69) is 19.2 Å². The third-order valence-electron chi connectivity index (χ3n) is 5.29. The van der Waals surface area contributed by atoms with Gasteiger partial charge in [0.2, 0.25) is 0 Å². The van der Waals surface area contributed by atoms with E-state index in [9.17, 15) is 14.4 Å². The van der Waals surface area contributed by atoms with Gasteiger partial charge in [-0.15, -0.1) is 0 Å². The number of hydrogen-bond donors (Lipinski definition) is 1. The lowest BCUT2D eigenvalue weighted by atomic mass is 9.83. The highest BCUT2D eigenvalue weighted by molar-refractivity contribution is 5.97. The summed E-state index contributed by atoms with van der Waals surface area (Å²) in [6.45, 7) is 5.33. The maximum absolute atomic E-state index is 12.4. The summed E-state index contributed by atoms with van der Waals surface area (Å²) in [7, 11) is 1.92. The zero-order valence-corrected chi connectivity index (χ0v) is 17.7. The van der Waals surface area contributed by atoms with E-state index >= 15 is 0 Å². The van der Waals surface area contributed by atoms with E-state index in [-0.39, 0.29) is 30.3 Å². The highest BCUT2D eigenvalue weighted by Crippen LogP contribution is 2.46. The van der Waals surface area contributed by atoms with Crippen LogP contribution in [0.1, 0.15) is 35.3 Å². The smallest absolute Gasteiger partial charge is 0.325 e. The molecular formula is C24H26N2O4. The van der Waals surface area contributed by atoms with Gasteiger partial charge in [-0.3, -0.25) is 14.4 Å². The first-order valence-electron chi connectivity index (χ1n) is 9.79. The minimum absolute atomic E-state index is 0.298. The first kappa shape index (κ1) is 21.3. The fraction of sp³-hybridized carbons (Fsp3) is 0.292. The van der Waals surface area contributed by atoms with Crippen LogP contribution in [0.25, 0.3) is 0 Å². The fourth-order valence-corrected chi connectivity index (χ4v) is 3.70. The number of amides is 1. The van der Waals surface area contributed by atoms with Gasteiger partial charge in [0.05, 0.1) is 0 Å². The molecule has 0 spiro atoms. The Morgan fingerprint density at radius 3 is 2.53 bits per heavy atom. The van der Waals surface area contributed by atoms with Gasteiger partial charge in [-0.1, -0.05) is 49.7 Å². The molecule has 156 valence electrons. The normalized spacial score (nSPS) is 15.6. The Labute approximate surface area is 176 Å². The number of likely N-dealkylation sites (N-methyl/N-ethyl adjacent to an activating group) is 1. The molecule has 0 aliphatic carbocycles. The van der Waals surface area contributed by atoms with Crippen LogP contribution in [-0.4, -0.2) is 37.9 Å². The van der Waals surface area contributed by atoms with Crippen molar-refractivity contribution in [3.05, 3.63) is 77.0 Å². The van der Waals surface area contributed by atoms with Crippen molar-refractivity contribution in [2.45, 2.75) is 26.2 Å². The number of rotatable bonds is 6. The number of benzene rings is 2. The van der Waals surface area contributed by atoms with Crippen LogP contribution in [0.5, 0.6) is 0 Å². The van der Waals surface area contributed by atoms with Gasteiger partial charge in [0, 0.05) is 35.5 Å². The molecule has 0 fully saturated rings. The molecule has 2 aromatic carbocycles. The molecular weight excluding hydrogens is 380 g/mol. The third kappa shape index (κ3) is 4.43. The summed E-state index contributed by atoms with van der Waals surface area (Å²) < 4.78 is 5.04. The zero-order valence-electron chi connectivity index (χ0n) is 17.7. The number of aryl methyl sites for hydroxylation is 1. The monoisotopic (exact) mass is 406 g/mol. The summed E-state index contributed by atoms with van der Waals surface area (Å²) in [6.07, 6.45) is 1.53. The number of allylic oxidation sites excluding steroid dienone is 1. The van der Waals surface area contributed by atoms with Crippen molar-refractivity contribution < 1.29 is 19.1 Å². The predicted octanol–water partition coefficient (Wildman–Crippen LogP) is 3.15. The molecule has 0 radical (unpaired) electrons. The first-order valence-corrected chi connectivity index (χ1v) is 9.79. The summed E-state index contributed by atoms with van der Waals surface area (Å²) in [6, 6.07) is 15.1. The zero-order chi connectivity index (χ0) is 21.9. The minimum Gasteiger partial charge on any atom is -0.456 e. The third-order valence-corrected chi connectivity index (χ3v) is 5.29. The predicted molar refractivity (Wildman–Crippen MR) is 115 cm³/mol. The topological polar surface area (TPSA) is 75.7 Å². The summed E-state index contributed by atoms with van der Waals surface area (Å²) in [5.41, 5.74) is 4.13. The number of anilines is 1. The average molecular weight is 406 g/mol. The number of para-hydroxylation sites is 1. The van der Waals surface area contributed by atoms with E-state index in [0.717, 1.165) is 22.5 Å². The van der Waals surface area contributed by atoms with E-state index in [1.165, 1.54) is 6.08 Å². The van der Waals surface area contributed by atoms with Gasteiger partial charge in [-0.25, -0.2) is 0 Å². The number of fused-ring (bicyclic) bond motifs is 1. The van der Waals surface area contributed by atoms with Gasteiger partial charge >= 0.3 is 5.97 Å². The molecule has 0 unspecified atom stereocenters. The van der Waals surface area contributed by atoms with Gasteiger partial charge in [0.15, 0.2) is 12.4 Å². The highest BCUT2D eigenvalue weighted by atomic mass is 16.5. The SMILES string of the molecule is Cc1cccc(C(=O)NCC(=O)OCC(=O)/C=C2\N(C)c3ccccc3C2(C)C)c1. The van der Waals surface area contributed by atoms with Crippen molar-refractivity contribution in [2.75, 3.05) is 25.1 Å². The highest BCUT2D eigenvalue weighted by Gasteiger charge is 2.38. The second-order valence-corrected chi connectivity index (χ2v) is 7.91. The van der Waals surface area contributed by atoms with Crippen molar-refractivity contribution in [1.29, 1.82) is 0 Å². The Morgan fingerprint density at radius 1 is 1.10 bits per heavy atom. The van der Waals surface area contributed by atoms with Gasteiger partial charge in [0.1, 0.15) is 6.54 Å². The van der Waals surface area contributed by atoms with E-state index in [4.69, 9.17) is 4.74 Å². The van der Waals surface area contributed by atoms with Crippen molar-refractivity contribution in [3.8, 4) is 0 Å². The number of nitrogens with one attached hydrogen (secondary N) is 1. The van der Waals surface area contributed by atoms with Gasteiger partial charge in [-0.2, -0.15) is 0 Å². The molecule has 1 heterocycles. The van der Waals surface area contributed by atoms with Crippen molar-refractivity contribution >= 4 is 23.3 Å². The van der Waals surface area contributed by atoms with Crippen molar-refractivity contribution in [1.82, 2.24) is 5.32 Å². The lowest BCUT2D eigenvalue weighted by Gasteiger charge is -2.23. The fourth-order valence-electron chi connectivity index (χ4n) is 3.70. The average Bonchev–Trinajstić information content (AvgIpc) is 2.91. The molecule has 6 heteroatoms. The quantitative estimate of drug-likeness (QED) is 0.589. The molecule has 3 rings (SSSR count). The number of hydrogen-bond acceptors (Lipinski definition) is 5. The Hall–Kier alpha value is -3.41. The van der Waals surface area contributed by atoms with Crippen LogP contribution in [0, 0.1) is 6.92 Å². The Morgan fingerprint density at radius 2 is 1.83 bits per heavy atom. The first-order chi connectivity index (χ1) is 14.2. The number of ether oxygens (including phenoxy) is 1. The maximum atomic E-state index is 12.4. The maximum Gasteiger partial charge on any atom is 0.325 e. The largest absolute Gasteiger partial charge is 0.456 e. The van der Waals surface area contributed by atoms with Gasteiger partial charge in [0.25, 0.3) is 5.91 Å². The van der Waals surface area contributed by atoms with Crippen molar-refractivity contribution in [3.63, 3.8) is 0 Å². The van der Waals surface area contributed by atoms with Crippen molar-refractivity contribution in [2.24, 2.45) is 0 Å². The molecule has 1 amide bonds. The van der Waals surface area contributed by atoms with Gasteiger partial charge < -0.3 is 15.0 Å². The van der Waals surface area contributed by atoms with Gasteiger partial charge in [-0.05, 0) is 30.7 Å². The van der Waals surface area contributed by atoms with E-state index in [0.29, 0.717) is 5.56 Å². The molecule has 0 bridgehead atoms. The second kappa shape index (κ2) is 8.53. The lowest BCUT2D eigenvalue weighted by Crippen LogP contribution is -2.31. The minimum atomic E-state index is -0.662. The van der Waals surface area contributed by atoms with E-state index < -0.39 is 5.97 Å². The number of carbonyl (C=O) groups excluding carboxylic acids is 3. The Balaban J connectivity index is 1.54. The van der Waals surface area contributed by atoms with Crippen LogP contribution in [0.3, 0.4) is 0 Å². The van der Waals surface area contributed by atoms with Crippen LogP contribution < -0.4 is 10.2 Å². The molecule has 30 heavy (non-hydrogen) atoms. The molecule has 6 nitrogen and oxygen atoms in total. The molecule has 1 aliphatic heterocycles. The molecule has 1 aliphatic rings. The Kier molecular flexibility index (Phi) is 6.06. The van der Waals surface area contributed by atoms with Crippen LogP contribution in [0.2, 0.25) is 0 Å². The van der Waals surface area contributed by atoms with E-state index in [1.807, 2.05) is 49.2 Å². The molecule has 0 aromatic heterocycles. The standard InChI is InChI=1S/C24H26N2O4/c1-16-8-7-9-17(12-16)23(29)25-14-22(28)30-15-18(27)13-21-24(2,3)19-10-5-6-11-20(19)26(21)4/h5-13H,14-15H2,1-4H3,(H,25,29)/b21-13-. The number of nitrogens with zero attached hydrogens (tertiary/aromatic N) is 1. The van der Waals surface area contributed by atoms with Crippen LogP contribution in [0.4, 0.5) is 5.69 Å². The molecule has 0 saturated carbocycles. The van der Waals surface area contributed by atoms with E-state index in [1.54, 1.807) is 18.2 Å². The van der Waals surface area contributed by atoms with Crippen LogP contribution in [0.15, 0.2) is 60.3 Å². The summed E-state index contributed by atoms with van der Waals surface area (Å²) in [5.74, 6) is -1.34. The summed E-state index contributed by atoms with van der Waals surface area (Å²) >= 11 is 0. The molecule has 2 aromatic rings. The number of esters is 1. The summed E-state index contributed by atoms with van der Waals surface area (Å²) in [4.78, 5) is 38.4. The molecule has 0 atom stereocenters. The number of ketones is 1. The second-order valence-electron chi connectivity index (χ2n) is 7.91. The Bertz CT molecular complexity index is 1020. The summed E-state index contributed by atoms with van der Waals surface area (Å²) in [5, 5.41) is 2.51. The number of carbonyl (C=O) groups is 3. The molecule has 0 saturated heterocycles. The molecule has 1 N–H and O–H groups in total. The van der Waals surface area contributed by atoms with Crippen LogP contribution in [-0.2, 0) is 19.7 Å². The lowest BCUT2D eigenvalue weighted by molar-refractivity contribution is -0.145. The van der Waals surface area contributed by atoms with Crippen LogP contribution >= 0.6 is 0 Å².